The number of hydrogen-bond acceptors (Lipinski definition) is 2. The Balaban J connectivity index is 2.72. The third kappa shape index (κ3) is 2.81. The molecule has 1 amide bonds. The summed E-state index contributed by atoms with van der Waals surface area (Å²) in [6, 6.07) is 0. The molecule has 3 nitrogen and oxygen atoms in total. The van der Waals surface area contributed by atoms with Gasteiger partial charge in [0.2, 0.25) is 0 Å². The van der Waals surface area contributed by atoms with Crippen molar-refractivity contribution in [3.63, 3.8) is 0 Å². The van der Waals surface area contributed by atoms with Crippen LogP contribution in [0.3, 0.4) is 0 Å². The third-order valence-electron chi connectivity index (χ3n) is 2.95. The summed E-state index contributed by atoms with van der Waals surface area (Å²) in [6.07, 6.45) is 2.01. The monoisotopic (exact) mass is 211 g/mol. The zero-order chi connectivity index (χ0) is 11.6. The van der Waals surface area contributed by atoms with E-state index in [-0.39, 0.29) is 5.91 Å². The number of rotatable bonds is 2. The second kappa shape index (κ2) is 4.35. The van der Waals surface area contributed by atoms with E-state index in [0.29, 0.717) is 6.54 Å². The Morgan fingerprint density at radius 2 is 2.13 bits per heavy atom. The largest absolute Gasteiger partial charge is 0.381 e. The van der Waals surface area contributed by atoms with Gasteiger partial charge in [0.25, 0.3) is 5.91 Å². The number of aliphatic hydroxyl groups is 1. The summed E-state index contributed by atoms with van der Waals surface area (Å²) in [4.78, 5) is 13.6. The molecule has 0 saturated carbocycles. The van der Waals surface area contributed by atoms with Gasteiger partial charge in [-0.3, -0.25) is 4.79 Å². The molecule has 3 heteroatoms. The van der Waals surface area contributed by atoms with Crippen LogP contribution in [0, 0.1) is 0 Å². The molecule has 0 fully saturated rings. The molecule has 15 heavy (non-hydrogen) atoms. The van der Waals surface area contributed by atoms with Gasteiger partial charge in [0.05, 0.1) is 0 Å². The number of carbonyl (C=O) groups is 1. The van der Waals surface area contributed by atoms with Crippen LogP contribution in [0.4, 0.5) is 0 Å². The van der Waals surface area contributed by atoms with Crippen LogP contribution >= 0.6 is 0 Å². The molecule has 1 heterocycles. The summed E-state index contributed by atoms with van der Waals surface area (Å²) >= 11 is 0. The molecule has 1 rings (SSSR count). The highest BCUT2D eigenvalue weighted by molar-refractivity contribution is 5.84. The Morgan fingerprint density at radius 3 is 2.53 bits per heavy atom. The highest BCUT2D eigenvalue weighted by Crippen LogP contribution is 2.22. The van der Waals surface area contributed by atoms with Crippen molar-refractivity contribution in [2.75, 3.05) is 13.1 Å². The average molecular weight is 211 g/mol. The van der Waals surface area contributed by atoms with E-state index < -0.39 is 5.60 Å². The van der Waals surface area contributed by atoms with Gasteiger partial charge in [-0.05, 0) is 33.6 Å². The Bertz CT molecular complexity index is 286. The average Bonchev–Trinajstić information content (AvgIpc) is 2.15. The Labute approximate surface area is 91.8 Å². The fourth-order valence-electron chi connectivity index (χ4n) is 2.00. The fourth-order valence-corrected chi connectivity index (χ4v) is 2.00. The molecule has 0 bridgehead atoms. The molecular formula is C12H21NO2. The minimum absolute atomic E-state index is 0.169. The minimum atomic E-state index is -1.25. The molecular weight excluding hydrogens is 190 g/mol. The number of carbonyl (C=O) groups excluding carboxylic acids is 1. The molecule has 0 unspecified atom stereocenters. The van der Waals surface area contributed by atoms with Crippen LogP contribution < -0.4 is 0 Å². The summed E-state index contributed by atoms with van der Waals surface area (Å²) < 4.78 is 0. The van der Waals surface area contributed by atoms with E-state index in [2.05, 4.69) is 13.8 Å². The van der Waals surface area contributed by atoms with Crippen molar-refractivity contribution in [3.05, 3.63) is 11.1 Å². The lowest BCUT2D eigenvalue weighted by molar-refractivity contribution is -0.147. The maximum Gasteiger partial charge on any atom is 0.254 e. The van der Waals surface area contributed by atoms with Crippen molar-refractivity contribution in [1.29, 1.82) is 0 Å². The second-order valence-electron chi connectivity index (χ2n) is 4.77. The molecule has 0 aliphatic carbocycles. The molecule has 0 saturated heterocycles. The van der Waals surface area contributed by atoms with E-state index >= 15 is 0 Å². The van der Waals surface area contributed by atoms with E-state index in [0.717, 1.165) is 19.4 Å². The van der Waals surface area contributed by atoms with Crippen molar-refractivity contribution in [1.82, 2.24) is 4.90 Å². The van der Waals surface area contributed by atoms with Crippen molar-refractivity contribution in [3.8, 4) is 0 Å². The molecule has 0 aromatic rings. The van der Waals surface area contributed by atoms with Crippen LogP contribution in [0.15, 0.2) is 11.1 Å². The van der Waals surface area contributed by atoms with Gasteiger partial charge in [-0.1, -0.05) is 18.1 Å². The summed E-state index contributed by atoms with van der Waals surface area (Å²) in [5.74, 6) is -0.169. The lowest BCUT2D eigenvalue weighted by Gasteiger charge is -2.33. The van der Waals surface area contributed by atoms with E-state index in [4.69, 9.17) is 0 Å². The third-order valence-corrected chi connectivity index (χ3v) is 2.95. The predicted octanol–water partition coefficient (Wildman–Crippen LogP) is 1.72. The first kappa shape index (κ1) is 12.2. The van der Waals surface area contributed by atoms with Crippen molar-refractivity contribution < 1.29 is 9.90 Å². The van der Waals surface area contributed by atoms with Crippen molar-refractivity contribution in [2.45, 2.75) is 46.1 Å². The predicted molar refractivity (Wildman–Crippen MR) is 60.5 cm³/mol. The first-order chi connectivity index (χ1) is 6.86. The molecule has 0 spiro atoms. The standard InChI is InChI=1S/C12H21NO2/c1-5-10-6-7-13(8-9(10)2)11(14)12(3,4)15/h15H,5-8H2,1-4H3. The smallest absolute Gasteiger partial charge is 0.254 e. The fraction of sp³-hybridized carbons (Fsp3) is 0.750. The first-order valence-corrected chi connectivity index (χ1v) is 5.55. The molecule has 0 radical (unpaired) electrons. The number of hydrogen-bond donors (Lipinski definition) is 1. The Morgan fingerprint density at radius 1 is 1.53 bits per heavy atom. The van der Waals surface area contributed by atoms with Crippen molar-refractivity contribution in [2.24, 2.45) is 0 Å². The number of nitrogens with zero attached hydrogens (tertiary/aromatic N) is 1. The highest BCUT2D eigenvalue weighted by atomic mass is 16.3. The van der Waals surface area contributed by atoms with Crippen LogP contribution in [0.25, 0.3) is 0 Å². The molecule has 1 N–H and O–H groups in total. The molecule has 0 aromatic heterocycles. The lowest BCUT2D eigenvalue weighted by Crippen LogP contribution is -2.47. The molecule has 1 aliphatic rings. The van der Waals surface area contributed by atoms with E-state index in [1.165, 1.54) is 11.1 Å². The lowest BCUT2D eigenvalue weighted by atomic mass is 9.97. The summed E-state index contributed by atoms with van der Waals surface area (Å²) in [5, 5.41) is 9.64. The van der Waals surface area contributed by atoms with Crippen LogP contribution in [0.1, 0.15) is 40.5 Å². The van der Waals surface area contributed by atoms with E-state index in [9.17, 15) is 9.90 Å². The zero-order valence-corrected chi connectivity index (χ0v) is 10.1. The highest BCUT2D eigenvalue weighted by Gasteiger charge is 2.30. The molecule has 0 atom stereocenters. The Kier molecular flexibility index (Phi) is 3.55. The van der Waals surface area contributed by atoms with Crippen LogP contribution in [-0.2, 0) is 4.79 Å². The zero-order valence-electron chi connectivity index (χ0n) is 10.1. The van der Waals surface area contributed by atoms with Gasteiger partial charge < -0.3 is 10.0 Å². The maximum atomic E-state index is 11.8. The van der Waals surface area contributed by atoms with Gasteiger partial charge in [-0.2, -0.15) is 0 Å². The Hall–Kier alpha value is -0.830. The van der Waals surface area contributed by atoms with Crippen molar-refractivity contribution >= 4 is 5.91 Å². The van der Waals surface area contributed by atoms with Gasteiger partial charge in [-0.25, -0.2) is 0 Å². The van der Waals surface area contributed by atoms with Crippen LogP contribution in [0.2, 0.25) is 0 Å². The quantitative estimate of drug-likeness (QED) is 0.706. The topological polar surface area (TPSA) is 40.5 Å². The molecule has 1 aliphatic heterocycles. The van der Waals surface area contributed by atoms with Crippen LogP contribution in [0.5, 0.6) is 0 Å². The van der Waals surface area contributed by atoms with Gasteiger partial charge in [0.1, 0.15) is 5.60 Å². The second-order valence-corrected chi connectivity index (χ2v) is 4.77. The summed E-state index contributed by atoms with van der Waals surface area (Å²) in [5.41, 5.74) is 1.49. The molecule has 0 aromatic carbocycles. The SMILES string of the molecule is CCC1=C(C)CN(C(=O)C(C)(C)O)CC1. The minimum Gasteiger partial charge on any atom is -0.381 e. The van der Waals surface area contributed by atoms with E-state index in [1.807, 2.05) is 0 Å². The van der Waals surface area contributed by atoms with Gasteiger partial charge in [-0.15, -0.1) is 0 Å². The molecule has 86 valence electrons. The van der Waals surface area contributed by atoms with Gasteiger partial charge in [0, 0.05) is 13.1 Å². The maximum absolute atomic E-state index is 11.8. The summed E-state index contributed by atoms with van der Waals surface area (Å²) in [7, 11) is 0. The van der Waals surface area contributed by atoms with Gasteiger partial charge in [0.15, 0.2) is 0 Å². The number of amides is 1. The normalized spacial score (nSPS) is 18.3. The van der Waals surface area contributed by atoms with Crippen LogP contribution in [-0.4, -0.2) is 34.6 Å². The first-order valence-electron chi connectivity index (χ1n) is 5.55. The van der Waals surface area contributed by atoms with Gasteiger partial charge >= 0.3 is 0 Å². The summed E-state index contributed by atoms with van der Waals surface area (Å²) in [6.45, 7) is 8.72. The van der Waals surface area contributed by atoms with E-state index in [1.54, 1.807) is 18.7 Å².